The normalized spacial score (nSPS) is 26.9. The molecule has 2 aliphatic rings. The van der Waals surface area contributed by atoms with E-state index >= 15 is 0 Å². The summed E-state index contributed by atoms with van der Waals surface area (Å²) in [6.07, 6.45) is 6.78. The van der Waals surface area contributed by atoms with Crippen molar-refractivity contribution in [1.82, 2.24) is 9.80 Å². The predicted molar refractivity (Wildman–Crippen MR) is 65.5 cm³/mol. The van der Waals surface area contributed by atoms with Crippen LogP contribution in [0.1, 0.15) is 44.9 Å². The van der Waals surface area contributed by atoms with Crippen LogP contribution in [0, 0.1) is 0 Å². The van der Waals surface area contributed by atoms with Crippen molar-refractivity contribution in [2.45, 2.75) is 51.0 Å². The first-order valence-electron chi connectivity index (χ1n) is 6.74. The summed E-state index contributed by atoms with van der Waals surface area (Å²) in [6.45, 7) is 1.74. The number of amides is 2. The van der Waals surface area contributed by atoms with Gasteiger partial charge in [0.2, 0.25) is 11.8 Å². The predicted octanol–water partition coefficient (Wildman–Crippen LogP) is 1.40. The van der Waals surface area contributed by atoms with Gasteiger partial charge in [-0.3, -0.25) is 9.59 Å². The Hall–Kier alpha value is -1.06. The summed E-state index contributed by atoms with van der Waals surface area (Å²) >= 11 is 0. The molecule has 17 heavy (non-hydrogen) atoms. The number of rotatable bonds is 1. The summed E-state index contributed by atoms with van der Waals surface area (Å²) in [7, 11) is 1.78. The van der Waals surface area contributed by atoms with Crippen molar-refractivity contribution >= 4 is 11.8 Å². The van der Waals surface area contributed by atoms with Crippen LogP contribution in [0.2, 0.25) is 0 Å². The number of hydrogen-bond acceptors (Lipinski definition) is 2. The van der Waals surface area contributed by atoms with Gasteiger partial charge < -0.3 is 9.80 Å². The summed E-state index contributed by atoms with van der Waals surface area (Å²) in [5.41, 5.74) is 0. The van der Waals surface area contributed by atoms with Crippen LogP contribution in [0.25, 0.3) is 0 Å². The molecule has 2 heterocycles. The topological polar surface area (TPSA) is 40.6 Å². The number of carbonyl (C=O) groups excluding carboxylic acids is 2. The molecule has 0 aromatic carbocycles. The van der Waals surface area contributed by atoms with E-state index in [1.807, 2.05) is 4.90 Å². The van der Waals surface area contributed by atoms with Crippen molar-refractivity contribution in [3.63, 3.8) is 0 Å². The second-order valence-corrected chi connectivity index (χ2v) is 5.15. The minimum atomic E-state index is -0.205. The van der Waals surface area contributed by atoms with E-state index in [9.17, 15) is 9.59 Å². The number of carbonyl (C=O) groups is 2. The fourth-order valence-electron chi connectivity index (χ4n) is 2.77. The van der Waals surface area contributed by atoms with Crippen molar-refractivity contribution in [3.8, 4) is 0 Å². The Balaban J connectivity index is 2.02. The van der Waals surface area contributed by atoms with Crippen molar-refractivity contribution in [2.24, 2.45) is 0 Å². The molecule has 4 heteroatoms. The highest BCUT2D eigenvalue weighted by atomic mass is 16.2. The molecule has 0 N–H and O–H groups in total. The summed E-state index contributed by atoms with van der Waals surface area (Å²) in [5, 5.41) is 0. The van der Waals surface area contributed by atoms with E-state index < -0.39 is 0 Å². The van der Waals surface area contributed by atoms with E-state index in [1.165, 1.54) is 6.42 Å². The molecule has 2 aliphatic heterocycles. The van der Waals surface area contributed by atoms with E-state index in [1.54, 1.807) is 11.9 Å². The average Bonchev–Trinajstić information content (AvgIpc) is 2.53. The first-order valence-corrected chi connectivity index (χ1v) is 6.74. The Morgan fingerprint density at radius 3 is 2.53 bits per heavy atom. The third kappa shape index (κ3) is 2.79. The third-order valence-corrected chi connectivity index (χ3v) is 3.93. The van der Waals surface area contributed by atoms with Gasteiger partial charge >= 0.3 is 0 Å². The van der Waals surface area contributed by atoms with Gasteiger partial charge in [-0.2, -0.15) is 0 Å². The van der Waals surface area contributed by atoms with Crippen LogP contribution >= 0.6 is 0 Å². The molecular formula is C13H22N2O2. The van der Waals surface area contributed by atoms with Crippen LogP contribution < -0.4 is 0 Å². The molecule has 0 spiro atoms. The quantitative estimate of drug-likeness (QED) is 0.693. The smallest absolute Gasteiger partial charge is 0.245 e. The second-order valence-electron chi connectivity index (χ2n) is 5.15. The van der Waals surface area contributed by atoms with E-state index in [0.29, 0.717) is 6.42 Å². The first kappa shape index (κ1) is 12.4. The molecule has 0 radical (unpaired) electrons. The zero-order valence-corrected chi connectivity index (χ0v) is 10.7. The van der Waals surface area contributed by atoms with E-state index in [-0.39, 0.29) is 17.9 Å². The Morgan fingerprint density at radius 2 is 1.82 bits per heavy atom. The Kier molecular flexibility index (Phi) is 4.02. The van der Waals surface area contributed by atoms with Gasteiger partial charge in [0.1, 0.15) is 6.04 Å². The highest BCUT2D eigenvalue weighted by molar-refractivity contribution is 5.88. The lowest BCUT2D eigenvalue weighted by atomic mass is 10.1. The Labute approximate surface area is 103 Å². The van der Waals surface area contributed by atoms with Crippen LogP contribution in [0.5, 0.6) is 0 Å². The summed E-state index contributed by atoms with van der Waals surface area (Å²) in [4.78, 5) is 27.8. The van der Waals surface area contributed by atoms with Crippen LogP contribution in [-0.4, -0.2) is 47.8 Å². The van der Waals surface area contributed by atoms with Crippen molar-refractivity contribution in [3.05, 3.63) is 0 Å². The van der Waals surface area contributed by atoms with Crippen LogP contribution in [0.15, 0.2) is 0 Å². The number of likely N-dealkylation sites (N-methyl/N-ethyl adjacent to an activating group) is 1. The van der Waals surface area contributed by atoms with Crippen LogP contribution in [0.3, 0.4) is 0 Å². The summed E-state index contributed by atoms with van der Waals surface area (Å²) < 4.78 is 0. The molecular weight excluding hydrogens is 216 g/mol. The lowest BCUT2D eigenvalue weighted by Crippen LogP contribution is -2.49. The van der Waals surface area contributed by atoms with Crippen molar-refractivity contribution in [2.75, 3.05) is 20.1 Å². The molecule has 1 atom stereocenters. The number of piperidine rings is 1. The highest BCUT2D eigenvalue weighted by Crippen LogP contribution is 2.20. The summed E-state index contributed by atoms with van der Waals surface area (Å²) in [6, 6.07) is -0.205. The minimum Gasteiger partial charge on any atom is -0.341 e. The van der Waals surface area contributed by atoms with Gasteiger partial charge in [0.15, 0.2) is 0 Å². The fourth-order valence-corrected chi connectivity index (χ4v) is 2.77. The Morgan fingerprint density at radius 1 is 1.12 bits per heavy atom. The summed E-state index contributed by atoms with van der Waals surface area (Å²) in [5.74, 6) is 0.292. The SMILES string of the molecule is CN1C(=O)CCCCC1C(=O)N1CCCCC1. The molecule has 96 valence electrons. The van der Waals surface area contributed by atoms with Crippen molar-refractivity contribution in [1.29, 1.82) is 0 Å². The number of hydrogen-bond donors (Lipinski definition) is 0. The fraction of sp³-hybridized carbons (Fsp3) is 0.846. The number of likely N-dealkylation sites (tertiary alicyclic amines) is 2. The van der Waals surface area contributed by atoms with E-state index in [2.05, 4.69) is 0 Å². The molecule has 1 unspecified atom stereocenters. The van der Waals surface area contributed by atoms with Crippen LogP contribution in [0.4, 0.5) is 0 Å². The molecule has 0 aromatic rings. The molecule has 2 fully saturated rings. The zero-order chi connectivity index (χ0) is 12.3. The maximum Gasteiger partial charge on any atom is 0.245 e. The van der Waals surface area contributed by atoms with E-state index in [4.69, 9.17) is 0 Å². The molecule has 0 aliphatic carbocycles. The lowest BCUT2D eigenvalue weighted by molar-refractivity contribution is -0.144. The molecule has 0 bridgehead atoms. The van der Waals surface area contributed by atoms with Gasteiger partial charge in [-0.15, -0.1) is 0 Å². The largest absolute Gasteiger partial charge is 0.341 e. The van der Waals surface area contributed by atoms with Gasteiger partial charge in [0, 0.05) is 26.6 Å². The van der Waals surface area contributed by atoms with E-state index in [0.717, 1.165) is 45.2 Å². The standard InChI is InChI=1S/C13H22N2O2/c1-14-11(7-3-4-8-12(14)16)13(17)15-9-5-2-6-10-15/h11H,2-10H2,1H3. The number of nitrogens with zero attached hydrogens (tertiary/aromatic N) is 2. The minimum absolute atomic E-state index is 0.123. The molecule has 2 rings (SSSR count). The second kappa shape index (κ2) is 5.52. The van der Waals surface area contributed by atoms with Crippen LogP contribution in [-0.2, 0) is 9.59 Å². The molecule has 0 aromatic heterocycles. The maximum absolute atomic E-state index is 12.4. The highest BCUT2D eigenvalue weighted by Gasteiger charge is 2.32. The molecule has 2 amide bonds. The monoisotopic (exact) mass is 238 g/mol. The Bertz CT molecular complexity index is 298. The third-order valence-electron chi connectivity index (χ3n) is 3.93. The molecule has 4 nitrogen and oxygen atoms in total. The lowest BCUT2D eigenvalue weighted by Gasteiger charge is -2.33. The average molecular weight is 238 g/mol. The van der Waals surface area contributed by atoms with Gasteiger partial charge in [0.25, 0.3) is 0 Å². The van der Waals surface area contributed by atoms with Crippen molar-refractivity contribution < 1.29 is 9.59 Å². The molecule has 0 saturated carbocycles. The van der Waals surface area contributed by atoms with Gasteiger partial charge in [-0.1, -0.05) is 6.42 Å². The zero-order valence-electron chi connectivity index (χ0n) is 10.7. The van der Waals surface area contributed by atoms with Gasteiger partial charge in [-0.25, -0.2) is 0 Å². The maximum atomic E-state index is 12.4. The molecule has 2 saturated heterocycles. The van der Waals surface area contributed by atoms with Gasteiger partial charge in [0.05, 0.1) is 0 Å². The first-order chi connectivity index (χ1) is 8.20. The van der Waals surface area contributed by atoms with Gasteiger partial charge in [-0.05, 0) is 32.1 Å².